The largest absolute Gasteiger partial charge is 0.456 e. The van der Waals surface area contributed by atoms with Crippen LogP contribution < -0.4 is 4.90 Å². The molecule has 0 unspecified atom stereocenters. The topological polar surface area (TPSA) is 21.3 Å². The molecule has 13 rings (SSSR count). The highest BCUT2D eigenvalue weighted by molar-refractivity contribution is 6.15. The standard InChI is InChI=1S/C62H40N2O/c1-2-19-50-45(14-1)40-57(53-21-4-3-20-52(50)53)42-32-36-47(37-33-42)63(48-17-12-16-44(39-48)51-25-13-29-61-62(51)56-24-7-10-28-60(56)65-61)46-34-30-41(31-35-46)43-15-11-18-49(38-43)64-58-26-8-5-22-54(58)55-23-6-9-27-59(55)64/h1-40H. The van der Waals surface area contributed by atoms with Gasteiger partial charge in [-0.3, -0.25) is 0 Å². The SMILES string of the molecule is c1cc(-c2cccc3oc4ccccc4c23)cc(N(c2ccc(-c3cccc(-n4c5ccccc5c5ccccc54)c3)cc2)c2ccc(-c3cc4ccccc4c4ccccc34)cc2)c1. The Bertz CT molecular complexity index is 3900. The Hall–Kier alpha value is -8.66. The fourth-order valence-corrected chi connectivity index (χ4v) is 10.2. The van der Waals surface area contributed by atoms with Crippen molar-refractivity contribution in [2.45, 2.75) is 0 Å². The molecule has 0 spiro atoms. The molecule has 0 aliphatic rings. The van der Waals surface area contributed by atoms with Gasteiger partial charge in [0.15, 0.2) is 0 Å². The van der Waals surface area contributed by atoms with Gasteiger partial charge in [0.2, 0.25) is 0 Å². The summed E-state index contributed by atoms with van der Waals surface area (Å²) in [6, 6.07) is 87.7. The molecule has 0 saturated carbocycles. The van der Waals surface area contributed by atoms with Crippen molar-refractivity contribution in [3.63, 3.8) is 0 Å². The number of rotatable bonds is 7. The van der Waals surface area contributed by atoms with Crippen LogP contribution in [0.15, 0.2) is 247 Å². The Morgan fingerprint density at radius 2 is 0.877 bits per heavy atom. The summed E-state index contributed by atoms with van der Waals surface area (Å²) < 4.78 is 8.71. The maximum Gasteiger partial charge on any atom is 0.136 e. The summed E-state index contributed by atoms with van der Waals surface area (Å²) in [5, 5.41) is 9.80. The third-order valence-corrected chi connectivity index (χ3v) is 13.2. The van der Waals surface area contributed by atoms with E-state index in [9.17, 15) is 0 Å². The van der Waals surface area contributed by atoms with Gasteiger partial charge in [-0.1, -0.05) is 164 Å². The van der Waals surface area contributed by atoms with Gasteiger partial charge in [-0.05, 0) is 134 Å². The average Bonchev–Trinajstić information content (AvgIpc) is 3.93. The van der Waals surface area contributed by atoms with Crippen LogP contribution in [0.2, 0.25) is 0 Å². The molecule has 3 nitrogen and oxygen atoms in total. The van der Waals surface area contributed by atoms with Gasteiger partial charge in [0.05, 0.1) is 11.0 Å². The highest BCUT2D eigenvalue weighted by Gasteiger charge is 2.18. The molecule has 0 N–H and O–H groups in total. The summed E-state index contributed by atoms with van der Waals surface area (Å²) in [6.07, 6.45) is 0. The minimum atomic E-state index is 0.889. The van der Waals surface area contributed by atoms with Gasteiger partial charge in [0.1, 0.15) is 11.2 Å². The van der Waals surface area contributed by atoms with Gasteiger partial charge in [0, 0.05) is 44.3 Å². The van der Waals surface area contributed by atoms with Gasteiger partial charge in [-0.15, -0.1) is 0 Å². The molecular weight excluding hydrogens is 789 g/mol. The second-order valence-corrected chi connectivity index (χ2v) is 16.9. The van der Waals surface area contributed by atoms with E-state index in [-0.39, 0.29) is 0 Å². The zero-order valence-electron chi connectivity index (χ0n) is 35.4. The summed E-state index contributed by atoms with van der Waals surface area (Å²) in [6.45, 7) is 0. The summed E-state index contributed by atoms with van der Waals surface area (Å²) in [5.74, 6) is 0. The molecule has 11 aromatic carbocycles. The normalized spacial score (nSPS) is 11.7. The molecule has 0 amide bonds. The molecule has 0 atom stereocenters. The predicted molar refractivity (Wildman–Crippen MR) is 274 cm³/mol. The number of furan rings is 1. The van der Waals surface area contributed by atoms with E-state index in [0.717, 1.165) is 66.9 Å². The van der Waals surface area contributed by atoms with Crippen LogP contribution in [0, 0.1) is 0 Å². The number of para-hydroxylation sites is 3. The van der Waals surface area contributed by atoms with Crippen molar-refractivity contribution < 1.29 is 4.42 Å². The van der Waals surface area contributed by atoms with Crippen LogP contribution in [-0.4, -0.2) is 4.57 Å². The summed E-state index contributed by atoms with van der Waals surface area (Å²) in [7, 11) is 0. The second-order valence-electron chi connectivity index (χ2n) is 16.9. The summed E-state index contributed by atoms with van der Waals surface area (Å²) in [5.41, 5.74) is 15.5. The second kappa shape index (κ2) is 15.0. The molecule has 0 saturated heterocycles. The monoisotopic (exact) mass is 828 g/mol. The molecule has 2 heterocycles. The van der Waals surface area contributed by atoms with Gasteiger partial charge >= 0.3 is 0 Å². The lowest BCUT2D eigenvalue weighted by atomic mass is 9.93. The quantitative estimate of drug-likeness (QED) is 0.149. The minimum Gasteiger partial charge on any atom is -0.456 e. The van der Waals surface area contributed by atoms with Gasteiger partial charge in [-0.2, -0.15) is 0 Å². The third-order valence-electron chi connectivity index (χ3n) is 13.2. The van der Waals surface area contributed by atoms with Crippen LogP contribution in [0.5, 0.6) is 0 Å². The minimum absolute atomic E-state index is 0.889. The van der Waals surface area contributed by atoms with Crippen molar-refractivity contribution in [2.75, 3.05) is 4.90 Å². The first-order valence-corrected chi connectivity index (χ1v) is 22.2. The molecule has 2 aromatic heterocycles. The Balaban J connectivity index is 0.929. The van der Waals surface area contributed by atoms with Crippen LogP contribution >= 0.6 is 0 Å². The van der Waals surface area contributed by atoms with Crippen molar-refractivity contribution in [3.8, 4) is 39.1 Å². The Labute approximate surface area is 376 Å². The van der Waals surface area contributed by atoms with Crippen LogP contribution in [0.25, 0.3) is 104 Å². The highest BCUT2D eigenvalue weighted by atomic mass is 16.3. The number of benzene rings is 11. The van der Waals surface area contributed by atoms with E-state index in [1.54, 1.807) is 0 Å². The fraction of sp³-hybridized carbons (Fsp3) is 0. The first-order chi connectivity index (χ1) is 32.2. The molecule has 304 valence electrons. The lowest BCUT2D eigenvalue weighted by molar-refractivity contribution is 0.669. The lowest BCUT2D eigenvalue weighted by Gasteiger charge is -2.26. The lowest BCUT2D eigenvalue weighted by Crippen LogP contribution is -2.10. The van der Waals surface area contributed by atoms with E-state index in [4.69, 9.17) is 4.42 Å². The van der Waals surface area contributed by atoms with E-state index in [0.29, 0.717) is 0 Å². The van der Waals surface area contributed by atoms with Crippen molar-refractivity contribution in [1.82, 2.24) is 4.57 Å². The number of fused-ring (bicyclic) bond motifs is 9. The van der Waals surface area contributed by atoms with Gasteiger partial charge < -0.3 is 13.9 Å². The number of aromatic nitrogens is 1. The summed E-state index contributed by atoms with van der Waals surface area (Å²) in [4.78, 5) is 2.37. The molecule has 0 radical (unpaired) electrons. The maximum absolute atomic E-state index is 6.33. The number of hydrogen-bond acceptors (Lipinski definition) is 2. The van der Waals surface area contributed by atoms with Crippen molar-refractivity contribution in [1.29, 1.82) is 0 Å². The zero-order valence-corrected chi connectivity index (χ0v) is 35.4. The van der Waals surface area contributed by atoms with E-state index in [1.165, 1.54) is 54.5 Å². The van der Waals surface area contributed by atoms with Gasteiger partial charge in [-0.25, -0.2) is 0 Å². The molecule has 0 aliphatic heterocycles. The van der Waals surface area contributed by atoms with E-state index in [1.807, 2.05) is 12.1 Å². The smallest absolute Gasteiger partial charge is 0.136 e. The van der Waals surface area contributed by atoms with Crippen LogP contribution in [0.1, 0.15) is 0 Å². The number of anilines is 3. The average molecular weight is 829 g/mol. The van der Waals surface area contributed by atoms with Crippen molar-refractivity contribution in [2.24, 2.45) is 0 Å². The molecular formula is C62H40N2O. The number of hydrogen-bond donors (Lipinski definition) is 0. The molecule has 65 heavy (non-hydrogen) atoms. The van der Waals surface area contributed by atoms with E-state index in [2.05, 4.69) is 240 Å². The predicted octanol–water partition coefficient (Wildman–Crippen LogP) is 17.5. The van der Waals surface area contributed by atoms with E-state index < -0.39 is 0 Å². The molecule has 3 heteroatoms. The molecule has 0 aliphatic carbocycles. The van der Waals surface area contributed by atoms with E-state index >= 15 is 0 Å². The molecule has 0 bridgehead atoms. The maximum atomic E-state index is 6.33. The highest BCUT2D eigenvalue weighted by Crippen LogP contribution is 2.43. The molecule has 0 fully saturated rings. The Morgan fingerprint density at radius 3 is 1.63 bits per heavy atom. The van der Waals surface area contributed by atoms with Crippen molar-refractivity contribution >= 4 is 82.4 Å². The third kappa shape index (κ3) is 6.12. The zero-order chi connectivity index (χ0) is 42.8. The Morgan fingerprint density at radius 1 is 0.308 bits per heavy atom. The first kappa shape index (κ1) is 36.9. The fourth-order valence-electron chi connectivity index (χ4n) is 10.2. The summed E-state index contributed by atoms with van der Waals surface area (Å²) >= 11 is 0. The van der Waals surface area contributed by atoms with Gasteiger partial charge in [0.25, 0.3) is 0 Å². The first-order valence-electron chi connectivity index (χ1n) is 22.2. The van der Waals surface area contributed by atoms with Crippen LogP contribution in [0.3, 0.4) is 0 Å². The van der Waals surface area contributed by atoms with Crippen molar-refractivity contribution in [3.05, 3.63) is 243 Å². The molecule has 13 aromatic rings. The van der Waals surface area contributed by atoms with Crippen LogP contribution in [-0.2, 0) is 0 Å². The number of nitrogens with zero attached hydrogens (tertiary/aromatic N) is 2. The Kier molecular flexibility index (Phi) is 8.53. The van der Waals surface area contributed by atoms with Crippen LogP contribution in [0.4, 0.5) is 17.1 Å².